The first-order valence-corrected chi connectivity index (χ1v) is 8.45. The predicted octanol–water partition coefficient (Wildman–Crippen LogP) is 1.23. The summed E-state index contributed by atoms with van der Waals surface area (Å²) in [6, 6.07) is 10.1. The molecule has 0 spiro atoms. The van der Waals surface area contributed by atoms with Crippen molar-refractivity contribution < 1.29 is 9.59 Å². The second-order valence-corrected chi connectivity index (χ2v) is 7.01. The zero-order chi connectivity index (χ0) is 15.9. The van der Waals surface area contributed by atoms with E-state index in [1.807, 2.05) is 42.2 Å². The number of nitrogens with zero attached hydrogens (tertiary/aromatic N) is 1. The molecule has 120 valence electrons. The minimum Gasteiger partial charge on any atom is -0.369 e. The second-order valence-electron chi connectivity index (χ2n) is 5.60. The lowest BCUT2D eigenvalue weighted by atomic mass is 10.0. The highest BCUT2D eigenvalue weighted by Crippen LogP contribution is 2.23. The van der Waals surface area contributed by atoms with E-state index in [1.165, 1.54) is 0 Å². The van der Waals surface area contributed by atoms with Gasteiger partial charge in [0.15, 0.2) is 0 Å². The van der Waals surface area contributed by atoms with Crippen molar-refractivity contribution in [2.24, 2.45) is 5.73 Å². The minimum absolute atomic E-state index is 0.0715. The maximum atomic E-state index is 12.3. The normalized spacial score (nSPS) is 17.9. The Morgan fingerprint density at radius 1 is 1.32 bits per heavy atom. The number of thioether (sulfide) groups is 1. The van der Waals surface area contributed by atoms with Crippen LogP contribution in [0.3, 0.4) is 0 Å². The number of likely N-dealkylation sites (tertiary alicyclic amines) is 1. The number of nitrogens with one attached hydrogen (secondary N) is 1. The third-order valence-corrected chi connectivity index (χ3v) is 4.85. The maximum Gasteiger partial charge on any atom is 0.233 e. The first kappa shape index (κ1) is 16.8. The fourth-order valence-corrected chi connectivity index (χ4v) is 3.43. The number of carbonyl (C=O) groups excluding carboxylic acids is 2. The summed E-state index contributed by atoms with van der Waals surface area (Å²) >= 11 is 1.57. The van der Waals surface area contributed by atoms with Crippen LogP contribution in [0, 0.1) is 0 Å². The number of benzene rings is 1. The highest BCUT2D eigenvalue weighted by molar-refractivity contribution is 8.00. The molecule has 1 aliphatic rings. The van der Waals surface area contributed by atoms with Crippen LogP contribution in [-0.4, -0.2) is 47.6 Å². The van der Waals surface area contributed by atoms with Crippen molar-refractivity contribution in [2.75, 3.05) is 19.6 Å². The van der Waals surface area contributed by atoms with Crippen LogP contribution in [0.5, 0.6) is 0 Å². The number of hydrogen-bond donors (Lipinski definition) is 2. The lowest BCUT2D eigenvalue weighted by Crippen LogP contribution is -2.48. The van der Waals surface area contributed by atoms with E-state index in [-0.39, 0.29) is 23.1 Å². The summed E-state index contributed by atoms with van der Waals surface area (Å²) in [6.45, 7) is 3.83. The number of hydrogen-bond acceptors (Lipinski definition) is 4. The third kappa shape index (κ3) is 5.35. The number of nitrogens with two attached hydrogens (primary N) is 1. The first-order valence-electron chi connectivity index (χ1n) is 7.57. The predicted molar refractivity (Wildman–Crippen MR) is 88.6 cm³/mol. The van der Waals surface area contributed by atoms with Gasteiger partial charge in [-0.2, -0.15) is 0 Å². The Kier molecular flexibility index (Phi) is 6.27. The molecule has 1 unspecified atom stereocenters. The van der Waals surface area contributed by atoms with Gasteiger partial charge in [0, 0.05) is 24.0 Å². The van der Waals surface area contributed by atoms with E-state index in [0.29, 0.717) is 6.54 Å². The maximum absolute atomic E-state index is 12.3. The van der Waals surface area contributed by atoms with Crippen LogP contribution in [0.2, 0.25) is 0 Å². The molecule has 0 aromatic heterocycles. The topological polar surface area (TPSA) is 75.4 Å². The van der Waals surface area contributed by atoms with E-state index in [0.717, 1.165) is 30.8 Å². The Morgan fingerprint density at radius 2 is 1.95 bits per heavy atom. The van der Waals surface area contributed by atoms with Gasteiger partial charge in [0.25, 0.3) is 0 Å². The Bertz CT molecular complexity index is 501. The Morgan fingerprint density at radius 3 is 2.55 bits per heavy atom. The first-order chi connectivity index (χ1) is 10.5. The van der Waals surface area contributed by atoms with Gasteiger partial charge in [-0.25, -0.2) is 0 Å². The van der Waals surface area contributed by atoms with Gasteiger partial charge in [-0.3, -0.25) is 14.5 Å². The second kappa shape index (κ2) is 8.19. The highest BCUT2D eigenvalue weighted by atomic mass is 32.2. The molecule has 1 aromatic rings. The molecule has 22 heavy (non-hydrogen) atoms. The van der Waals surface area contributed by atoms with Gasteiger partial charge in [0.05, 0.1) is 11.8 Å². The van der Waals surface area contributed by atoms with Crippen molar-refractivity contribution in [3.8, 4) is 0 Å². The van der Waals surface area contributed by atoms with Crippen LogP contribution in [0.15, 0.2) is 35.2 Å². The van der Waals surface area contributed by atoms with E-state index in [1.54, 1.807) is 11.8 Å². The van der Waals surface area contributed by atoms with Crippen LogP contribution in [0.1, 0.15) is 19.8 Å². The molecule has 2 rings (SSSR count). The number of primary amides is 1. The molecule has 2 amide bonds. The highest BCUT2D eigenvalue weighted by Gasteiger charge is 2.23. The molecule has 0 saturated carbocycles. The average Bonchev–Trinajstić information content (AvgIpc) is 2.49. The van der Waals surface area contributed by atoms with Crippen LogP contribution in [0.25, 0.3) is 0 Å². The molecule has 1 aromatic carbocycles. The molecule has 1 atom stereocenters. The third-order valence-electron chi connectivity index (χ3n) is 3.74. The average molecular weight is 321 g/mol. The summed E-state index contributed by atoms with van der Waals surface area (Å²) in [5, 5.41) is 2.99. The molecule has 1 fully saturated rings. The number of amides is 2. The lowest BCUT2D eigenvalue weighted by Gasteiger charge is -2.32. The van der Waals surface area contributed by atoms with Crippen molar-refractivity contribution in [1.82, 2.24) is 10.2 Å². The molecule has 0 radical (unpaired) electrons. The molecular formula is C16H23N3O2S. The molecule has 0 bridgehead atoms. The molecule has 1 heterocycles. The molecule has 0 aliphatic carbocycles. The van der Waals surface area contributed by atoms with Crippen molar-refractivity contribution in [1.29, 1.82) is 0 Å². The summed E-state index contributed by atoms with van der Waals surface area (Å²) in [6.07, 6.45) is 1.73. The molecule has 1 aliphatic heterocycles. The zero-order valence-electron chi connectivity index (χ0n) is 12.8. The monoisotopic (exact) mass is 321 g/mol. The van der Waals surface area contributed by atoms with E-state index in [2.05, 4.69) is 5.32 Å². The van der Waals surface area contributed by atoms with Crippen LogP contribution in [0.4, 0.5) is 0 Å². The van der Waals surface area contributed by atoms with Gasteiger partial charge in [-0.15, -0.1) is 11.8 Å². The van der Waals surface area contributed by atoms with Gasteiger partial charge in [-0.05, 0) is 31.9 Å². The van der Waals surface area contributed by atoms with Crippen molar-refractivity contribution in [3.63, 3.8) is 0 Å². The Balaban J connectivity index is 1.74. The van der Waals surface area contributed by atoms with E-state index in [4.69, 9.17) is 5.73 Å². The van der Waals surface area contributed by atoms with Crippen LogP contribution < -0.4 is 11.1 Å². The van der Waals surface area contributed by atoms with Crippen LogP contribution >= 0.6 is 11.8 Å². The van der Waals surface area contributed by atoms with Gasteiger partial charge in [0.2, 0.25) is 11.8 Å². The fourth-order valence-electron chi connectivity index (χ4n) is 2.53. The SMILES string of the molecule is CC(Sc1ccccc1)C(=O)NC1CCN(CC(N)=O)CC1. The zero-order valence-corrected chi connectivity index (χ0v) is 13.6. The molecule has 1 saturated heterocycles. The summed E-state index contributed by atoms with van der Waals surface area (Å²) in [5.41, 5.74) is 5.20. The lowest BCUT2D eigenvalue weighted by molar-refractivity contribution is -0.122. The summed E-state index contributed by atoms with van der Waals surface area (Å²) in [4.78, 5) is 26.3. The van der Waals surface area contributed by atoms with Crippen molar-refractivity contribution in [3.05, 3.63) is 30.3 Å². The smallest absolute Gasteiger partial charge is 0.233 e. The molecule has 5 nitrogen and oxygen atoms in total. The Labute approximate surface area is 135 Å². The van der Waals surface area contributed by atoms with Crippen molar-refractivity contribution >= 4 is 23.6 Å². The van der Waals surface area contributed by atoms with Crippen LogP contribution in [-0.2, 0) is 9.59 Å². The summed E-state index contributed by atoms with van der Waals surface area (Å²) in [7, 11) is 0. The van der Waals surface area contributed by atoms with Gasteiger partial charge in [-0.1, -0.05) is 18.2 Å². The summed E-state index contributed by atoms with van der Waals surface area (Å²) < 4.78 is 0. The quantitative estimate of drug-likeness (QED) is 0.773. The van der Waals surface area contributed by atoms with E-state index in [9.17, 15) is 9.59 Å². The fraction of sp³-hybridized carbons (Fsp3) is 0.500. The summed E-state index contributed by atoms with van der Waals surface area (Å²) in [5.74, 6) is -0.224. The molecule has 6 heteroatoms. The molecule has 3 N–H and O–H groups in total. The largest absolute Gasteiger partial charge is 0.369 e. The standard InChI is InChI=1S/C16H23N3O2S/c1-12(22-14-5-3-2-4-6-14)16(21)18-13-7-9-19(10-8-13)11-15(17)20/h2-6,12-13H,7-11H2,1H3,(H2,17,20)(H,18,21). The number of rotatable bonds is 6. The minimum atomic E-state index is -0.296. The molecular weight excluding hydrogens is 298 g/mol. The van der Waals surface area contributed by atoms with E-state index >= 15 is 0 Å². The van der Waals surface area contributed by atoms with Gasteiger partial charge >= 0.3 is 0 Å². The van der Waals surface area contributed by atoms with Gasteiger partial charge < -0.3 is 11.1 Å². The number of piperidine rings is 1. The number of carbonyl (C=O) groups is 2. The van der Waals surface area contributed by atoms with E-state index < -0.39 is 0 Å². The van der Waals surface area contributed by atoms with Gasteiger partial charge in [0.1, 0.15) is 0 Å². The van der Waals surface area contributed by atoms with Crippen molar-refractivity contribution in [2.45, 2.75) is 36.0 Å². The Hall–Kier alpha value is -1.53.